The van der Waals surface area contributed by atoms with Gasteiger partial charge in [0.2, 0.25) is 0 Å². The Morgan fingerprint density at radius 2 is 2.17 bits per heavy atom. The van der Waals surface area contributed by atoms with Gasteiger partial charge >= 0.3 is 5.97 Å². The summed E-state index contributed by atoms with van der Waals surface area (Å²) in [6.07, 6.45) is 4.83. The molecule has 5 nitrogen and oxygen atoms in total. The number of hydrogen-bond acceptors (Lipinski definition) is 3. The topological polar surface area (TPSA) is 70.5 Å². The van der Waals surface area contributed by atoms with Crippen molar-refractivity contribution >= 4 is 18.0 Å². The highest BCUT2D eigenvalue weighted by atomic mass is 16.4. The number of carboxylic acid groups (broad SMARTS) is 1. The van der Waals surface area contributed by atoms with Crippen molar-refractivity contribution in [2.75, 3.05) is 13.6 Å². The summed E-state index contributed by atoms with van der Waals surface area (Å²) in [5, 5.41) is 8.48. The number of aliphatic carboxylic acids is 1. The zero-order chi connectivity index (χ0) is 13.5. The molecule has 1 heterocycles. The molecule has 0 saturated carbocycles. The van der Waals surface area contributed by atoms with Crippen LogP contribution in [0.4, 0.5) is 0 Å². The fraction of sp³-hybridized carbons (Fsp3) is 0.308. The Morgan fingerprint density at radius 3 is 2.67 bits per heavy atom. The van der Waals surface area contributed by atoms with Crippen molar-refractivity contribution in [1.29, 1.82) is 0 Å². The van der Waals surface area contributed by atoms with Crippen LogP contribution in [0.15, 0.2) is 24.4 Å². The highest BCUT2D eigenvalue weighted by Crippen LogP contribution is 2.05. The number of amides is 1. The average Bonchev–Trinajstić information content (AvgIpc) is 2.36. The number of carbonyl (C=O) groups excluding carboxylic acids is 1. The summed E-state index contributed by atoms with van der Waals surface area (Å²) in [6.45, 7) is 2.68. The minimum Gasteiger partial charge on any atom is -0.478 e. The molecule has 0 aromatic carbocycles. The van der Waals surface area contributed by atoms with Gasteiger partial charge in [-0.05, 0) is 24.1 Å². The van der Waals surface area contributed by atoms with Gasteiger partial charge in [0.05, 0.1) is 0 Å². The van der Waals surface area contributed by atoms with Gasteiger partial charge in [-0.1, -0.05) is 13.0 Å². The van der Waals surface area contributed by atoms with Gasteiger partial charge in [-0.3, -0.25) is 9.78 Å². The molecule has 96 valence electrons. The lowest BCUT2D eigenvalue weighted by Gasteiger charge is -2.15. The molecular weight excluding hydrogens is 232 g/mol. The molecule has 0 aliphatic rings. The van der Waals surface area contributed by atoms with Crippen LogP contribution < -0.4 is 0 Å². The van der Waals surface area contributed by atoms with E-state index in [2.05, 4.69) is 4.98 Å². The molecule has 1 rings (SSSR count). The van der Waals surface area contributed by atoms with E-state index in [1.54, 1.807) is 24.1 Å². The van der Waals surface area contributed by atoms with Crippen molar-refractivity contribution in [3.8, 4) is 0 Å². The van der Waals surface area contributed by atoms with Crippen LogP contribution in [-0.4, -0.2) is 40.5 Å². The standard InChI is InChI=1S/C13H16N2O3/c1-3-8-15(2)13(18)11-6-4-10(9-14-11)5-7-12(16)17/h4-7,9H,3,8H2,1-2H3,(H,16,17). The highest BCUT2D eigenvalue weighted by molar-refractivity contribution is 5.92. The predicted octanol–water partition coefficient (Wildman–Crippen LogP) is 1.66. The molecule has 0 unspecified atom stereocenters. The largest absolute Gasteiger partial charge is 0.478 e. The Balaban J connectivity index is 2.76. The summed E-state index contributed by atoms with van der Waals surface area (Å²) in [4.78, 5) is 27.8. The van der Waals surface area contributed by atoms with E-state index in [4.69, 9.17) is 5.11 Å². The number of pyridine rings is 1. The molecule has 5 heteroatoms. The zero-order valence-corrected chi connectivity index (χ0v) is 10.5. The summed E-state index contributed by atoms with van der Waals surface area (Å²) in [7, 11) is 1.73. The Kier molecular flexibility index (Phi) is 5.05. The van der Waals surface area contributed by atoms with Crippen molar-refractivity contribution in [2.45, 2.75) is 13.3 Å². The second kappa shape index (κ2) is 6.54. The summed E-state index contributed by atoms with van der Waals surface area (Å²) < 4.78 is 0. The first kappa shape index (κ1) is 13.9. The van der Waals surface area contributed by atoms with Gasteiger partial charge in [0, 0.05) is 25.9 Å². The molecular formula is C13H16N2O3. The van der Waals surface area contributed by atoms with Crippen LogP contribution in [0.3, 0.4) is 0 Å². The SMILES string of the molecule is CCCN(C)C(=O)c1ccc(C=CC(=O)O)cn1. The molecule has 1 aromatic rings. The number of carbonyl (C=O) groups is 2. The lowest BCUT2D eigenvalue weighted by Crippen LogP contribution is -2.28. The Hall–Kier alpha value is -2.17. The summed E-state index contributed by atoms with van der Waals surface area (Å²) in [5.74, 6) is -1.15. The third-order valence-electron chi connectivity index (χ3n) is 2.33. The van der Waals surface area contributed by atoms with E-state index in [9.17, 15) is 9.59 Å². The summed E-state index contributed by atoms with van der Waals surface area (Å²) >= 11 is 0. The van der Waals surface area contributed by atoms with Gasteiger partial charge in [0.15, 0.2) is 0 Å². The predicted molar refractivity (Wildman–Crippen MR) is 68.2 cm³/mol. The van der Waals surface area contributed by atoms with Gasteiger partial charge in [-0.25, -0.2) is 4.79 Å². The quantitative estimate of drug-likeness (QED) is 0.804. The first-order valence-corrected chi connectivity index (χ1v) is 5.67. The molecule has 1 amide bonds. The Bertz CT molecular complexity index is 452. The monoisotopic (exact) mass is 248 g/mol. The second-order valence-corrected chi connectivity index (χ2v) is 3.88. The minimum atomic E-state index is -1.02. The fourth-order valence-electron chi connectivity index (χ4n) is 1.43. The van der Waals surface area contributed by atoms with Crippen LogP contribution in [-0.2, 0) is 4.79 Å². The van der Waals surface area contributed by atoms with E-state index in [0.717, 1.165) is 12.5 Å². The molecule has 1 N–H and O–H groups in total. The van der Waals surface area contributed by atoms with E-state index >= 15 is 0 Å². The normalized spacial score (nSPS) is 10.6. The van der Waals surface area contributed by atoms with Crippen LogP contribution in [0.5, 0.6) is 0 Å². The first-order chi connectivity index (χ1) is 8.54. The van der Waals surface area contributed by atoms with E-state index in [1.165, 1.54) is 12.3 Å². The zero-order valence-electron chi connectivity index (χ0n) is 10.5. The molecule has 0 spiro atoms. The molecule has 1 aromatic heterocycles. The number of carboxylic acids is 1. The van der Waals surface area contributed by atoms with Crippen LogP contribution in [0, 0.1) is 0 Å². The number of nitrogens with zero attached hydrogens (tertiary/aromatic N) is 2. The summed E-state index contributed by atoms with van der Waals surface area (Å²) in [6, 6.07) is 3.26. The number of rotatable bonds is 5. The third-order valence-corrected chi connectivity index (χ3v) is 2.33. The van der Waals surface area contributed by atoms with E-state index < -0.39 is 5.97 Å². The van der Waals surface area contributed by atoms with Crippen molar-refractivity contribution < 1.29 is 14.7 Å². The van der Waals surface area contributed by atoms with E-state index in [-0.39, 0.29) is 5.91 Å². The molecule has 0 bridgehead atoms. The van der Waals surface area contributed by atoms with E-state index in [0.29, 0.717) is 17.8 Å². The molecule has 0 atom stereocenters. The first-order valence-electron chi connectivity index (χ1n) is 5.67. The van der Waals surface area contributed by atoms with Gasteiger partial charge in [-0.2, -0.15) is 0 Å². The van der Waals surface area contributed by atoms with Gasteiger partial charge in [0.1, 0.15) is 5.69 Å². The molecule has 18 heavy (non-hydrogen) atoms. The van der Waals surface area contributed by atoms with Crippen LogP contribution in [0.2, 0.25) is 0 Å². The lowest BCUT2D eigenvalue weighted by atomic mass is 10.2. The highest BCUT2D eigenvalue weighted by Gasteiger charge is 2.11. The summed E-state index contributed by atoms with van der Waals surface area (Å²) in [5.41, 5.74) is 1.01. The number of hydrogen-bond donors (Lipinski definition) is 1. The van der Waals surface area contributed by atoms with Crippen LogP contribution in [0.1, 0.15) is 29.4 Å². The van der Waals surface area contributed by atoms with Gasteiger partial charge in [0.25, 0.3) is 5.91 Å². The van der Waals surface area contributed by atoms with Gasteiger partial charge < -0.3 is 10.0 Å². The van der Waals surface area contributed by atoms with Crippen molar-refractivity contribution in [1.82, 2.24) is 9.88 Å². The third kappa shape index (κ3) is 4.01. The van der Waals surface area contributed by atoms with E-state index in [1.807, 2.05) is 6.92 Å². The van der Waals surface area contributed by atoms with Crippen molar-refractivity contribution in [3.05, 3.63) is 35.7 Å². The van der Waals surface area contributed by atoms with Crippen molar-refractivity contribution in [2.24, 2.45) is 0 Å². The Morgan fingerprint density at radius 1 is 1.44 bits per heavy atom. The maximum absolute atomic E-state index is 11.9. The fourth-order valence-corrected chi connectivity index (χ4v) is 1.43. The molecule has 0 radical (unpaired) electrons. The minimum absolute atomic E-state index is 0.134. The van der Waals surface area contributed by atoms with Crippen LogP contribution in [0.25, 0.3) is 6.08 Å². The second-order valence-electron chi connectivity index (χ2n) is 3.88. The maximum atomic E-state index is 11.9. The molecule has 0 aliphatic carbocycles. The Labute approximate surface area is 106 Å². The molecule has 0 saturated heterocycles. The molecule has 0 fully saturated rings. The van der Waals surface area contributed by atoms with Crippen molar-refractivity contribution in [3.63, 3.8) is 0 Å². The maximum Gasteiger partial charge on any atom is 0.328 e. The molecule has 0 aliphatic heterocycles. The average molecular weight is 248 g/mol. The number of aromatic nitrogens is 1. The lowest BCUT2D eigenvalue weighted by molar-refractivity contribution is -0.131. The smallest absolute Gasteiger partial charge is 0.328 e. The van der Waals surface area contributed by atoms with Gasteiger partial charge in [-0.15, -0.1) is 0 Å². The van der Waals surface area contributed by atoms with Crippen LogP contribution >= 0.6 is 0 Å².